The van der Waals surface area contributed by atoms with Crippen molar-refractivity contribution in [2.24, 2.45) is 0 Å². The number of ether oxygens (including phenoxy) is 1. The van der Waals surface area contributed by atoms with Gasteiger partial charge in [0, 0.05) is 37.0 Å². The maximum absolute atomic E-state index is 15.1. The molecule has 0 radical (unpaired) electrons. The van der Waals surface area contributed by atoms with Crippen molar-refractivity contribution in [2.75, 3.05) is 24.1 Å². The van der Waals surface area contributed by atoms with Gasteiger partial charge in [0.1, 0.15) is 29.8 Å². The molecule has 182 valence electrons. The van der Waals surface area contributed by atoms with Gasteiger partial charge in [0.15, 0.2) is 0 Å². The van der Waals surface area contributed by atoms with E-state index in [1.54, 1.807) is 41.1 Å². The number of hydrogen-bond donors (Lipinski definition) is 2. The first-order chi connectivity index (χ1) is 17.5. The number of hydrogen-bond acceptors (Lipinski definition) is 7. The molecule has 3 atom stereocenters. The predicted octanol–water partition coefficient (Wildman–Crippen LogP) is 3.47. The summed E-state index contributed by atoms with van der Waals surface area (Å²) in [6.07, 6.45) is 6.09. The number of epoxide rings is 1. The maximum atomic E-state index is 15.1. The summed E-state index contributed by atoms with van der Waals surface area (Å²) < 4.78 is 22.5. The Bertz CT molecular complexity index is 1470. The first-order valence-electron chi connectivity index (χ1n) is 11.7. The lowest BCUT2D eigenvalue weighted by Gasteiger charge is -2.12. The van der Waals surface area contributed by atoms with Gasteiger partial charge < -0.3 is 15.8 Å². The van der Waals surface area contributed by atoms with Crippen LogP contribution in [0.15, 0.2) is 67.5 Å². The Balaban J connectivity index is 1.32. The van der Waals surface area contributed by atoms with Gasteiger partial charge in [-0.25, -0.2) is 19.3 Å². The van der Waals surface area contributed by atoms with Crippen molar-refractivity contribution in [1.29, 1.82) is 0 Å². The lowest BCUT2D eigenvalue weighted by Crippen LogP contribution is -2.25. The van der Waals surface area contributed by atoms with Crippen LogP contribution in [0.1, 0.15) is 28.4 Å². The Kier molecular flexibility index (Phi) is 5.46. The highest BCUT2D eigenvalue weighted by Crippen LogP contribution is 2.38. The molecule has 36 heavy (non-hydrogen) atoms. The van der Waals surface area contributed by atoms with Crippen LogP contribution in [0.4, 0.5) is 16.2 Å². The van der Waals surface area contributed by atoms with E-state index >= 15 is 4.39 Å². The molecule has 5 heterocycles. The number of rotatable bonds is 6. The van der Waals surface area contributed by atoms with Gasteiger partial charge in [0.25, 0.3) is 5.91 Å². The van der Waals surface area contributed by atoms with Crippen molar-refractivity contribution in [3.63, 3.8) is 0 Å². The number of benzene rings is 1. The number of likely N-dealkylation sites (tertiary alicyclic amines) is 1. The predicted molar refractivity (Wildman–Crippen MR) is 133 cm³/mol. The van der Waals surface area contributed by atoms with E-state index in [0.717, 1.165) is 30.7 Å². The van der Waals surface area contributed by atoms with Crippen LogP contribution in [-0.4, -0.2) is 55.6 Å². The zero-order chi connectivity index (χ0) is 24.8. The number of nitrogens with zero attached hydrogens (tertiary/aromatic N) is 5. The lowest BCUT2D eigenvalue weighted by molar-refractivity contribution is 0.102. The third kappa shape index (κ3) is 3.90. The van der Waals surface area contributed by atoms with E-state index in [-0.39, 0.29) is 29.8 Å². The average Bonchev–Trinajstić information content (AvgIpc) is 3.32. The number of pyridine rings is 1. The molecule has 2 fully saturated rings. The standard InChI is InChI=1S/C26H24FN7O2/c1-2-20-25(36-20)33-12-9-16(14-33)22-19-8-11-30-26(28)34(19)23(32-22)15-6-7-17(18(27)13-15)24(35)31-21-5-3-4-10-29-21/h2-8,10-11,13,16,20,25H,1,9,12,14H2,(H2,28,30)(H,29,31,35). The SMILES string of the molecule is C=CC1OC1N1CCC(c2nc(-c3ccc(C(=O)Nc4ccccn4)c(F)c3)n3c(N)nccc23)C1. The van der Waals surface area contributed by atoms with Gasteiger partial charge in [-0.3, -0.25) is 14.1 Å². The van der Waals surface area contributed by atoms with Crippen LogP contribution in [0.2, 0.25) is 0 Å². The summed E-state index contributed by atoms with van der Waals surface area (Å²) in [5, 5.41) is 2.60. The summed E-state index contributed by atoms with van der Waals surface area (Å²) in [5.74, 6) is -0.0142. The minimum atomic E-state index is -0.671. The molecule has 0 saturated carbocycles. The molecule has 9 nitrogen and oxygen atoms in total. The van der Waals surface area contributed by atoms with Gasteiger partial charge in [-0.15, -0.1) is 6.58 Å². The van der Waals surface area contributed by atoms with Gasteiger partial charge >= 0.3 is 0 Å². The molecule has 3 unspecified atom stereocenters. The number of amides is 1. The highest BCUT2D eigenvalue weighted by molar-refractivity contribution is 6.04. The molecule has 3 N–H and O–H groups in total. The molecule has 1 aromatic carbocycles. The second-order valence-corrected chi connectivity index (χ2v) is 8.92. The Labute approximate surface area is 206 Å². The van der Waals surface area contributed by atoms with Gasteiger partial charge in [0.2, 0.25) is 5.95 Å². The Morgan fingerprint density at radius 3 is 2.86 bits per heavy atom. The minimum Gasteiger partial charge on any atom is -0.369 e. The third-order valence-corrected chi connectivity index (χ3v) is 6.69. The van der Waals surface area contributed by atoms with Crippen molar-refractivity contribution in [3.8, 4) is 11.4 Å². The summed E-state index contributed by atoms with van der Waals surface area (Å²) in [5.41, 5.74) is 8.35. The molecule has 2 saturated heterocycles. The number of nitrogens with one attached hydrogen (secondary N) is 1. The average molecular weight is 486 g/mol. The van der Waals surface area contributed by atoms with Gasteiger partial charge in [-0.05, 0) is 36.8 Å². The van der Waals surface area contributed by atoms with Crippen molar-refractivity contribution in [1.82, 2.24) is 24.3 Å². The fraction of sp³-hybridized carbons (Fsp3) is 0.231. The van der Waals surface area contributed by atoms with E-state index in [2.05, 4.69) is 26.8 Å². The number of carbonyl (C=O) groups is 1. The van der Waals surface area contributed by atoms with Crippen LogP contribution in [0, 0.1) is 5.82 Å². The van der Waals surface area contributed by atoms with Gasteiger partial charge in [-0.2, -0.15) is 0 Å². The van der Waals surface area contributed by atoms with E-state index in [4.69, 9.17) is 15.5 Å². The zero-order valence-corrected chi connectivity index (χ0v) is 19.3. The van der Waals surface area contributed by atoms with Crippen molar-refractivity contribution in [2.45, 2.75) is 24.7 Å². The molecule has 6 rings (SSSR count). The lowest BCUT2D eigenvalue weighted by atomic mass is 10.0. The van der Waals surface area contributed by atoms with E-state index in [1.807, 2.05) is 12.1 Å². The van der Waals surface area contributed by atoms with E-state index in [0.29, 0.717) is 17.2 Å². The molecule has 2 aliphatic rings. The van der Waals surface area contributed by atoms with Crippen LogP contribution in [0.25, 0.3) is 16.9 Å². The van der Waals surface area contributed by atoms with E-state index < -0.39 is 11.7 Å². The smallest absolute Gasteiger partial charge is 0.259 e. The molecule has 4 aromatic rings. The monoisotopic (exact) mass is 485 g/mol. The second kappa shape index (κ2) is 8.81. The molecular weight excluding hydrogens is 461 g/mol. The second-order valence-electron chi connectivity index (χ2n) is 8.92. The number of aromatic nitrogens is 4. The number of halogens is 1. The minimum absolute atomic E-state index is 0.0754. The largest absolute Gasteiger partial charge is 0.369 e. The summed E-state index contributed by atoms with van der Waals surface area (Å²) in [6.45, 7) is 5.50. The Morgan fingerprint density at radius 1 is 1.22 bits per heavy atom. The number of imidazole rings is 1. The first-order valence-corrected chi connectivity index (χ1v) is 11.7. The molecule has 3 aromatic heterocycles. The molecule has 0 bridgehead atoms. The number of anilines is 2. The normalized spacial score (nSPS) is 21.5. The molecule has 10 heteroatoms. The van der Waals surface area contributed by atoms with E-state index in [1.165, 1.54) is 12.1 Å². The van der Waals surface area contributed by atoms with Crippen LogP contribution < -0.4 is 11.1 Å². The highest BCUT2D eigenvalue weighted by Gasteiger charge is 2.44. The van der Waals surface area contributed by atoms with Crippen LogP contribution in [0.5, 0.6) is 0 Å². The number of nitrogens with two attached hydrogens (primary N) is 1. The zero-order valence-electron chi connectivity index (χ0n) is 19.3. The van der Waals surface area contributed by atoms with E-state index in [9.17, 15) is 4.79 Å². The van der Waals surface area contributed by atoms with Crippen LogP contribution >= 0.6 is 0 Å². The molecule has 1 amide bonds. The summed E-state index contributed by atoms with van der Waals surface area (Å²) >= 11 is 0. The topological polar surface area (TPSA) is 114 Å². The molecular formula is C26H24FN7O2. The van der Waals surface area contributed by atoms with Gasteiger partial charge in [-0.1, -0.05) is 18.2 Å². The highest BCUT2D eigenvalue weighted by atomic mass is 19.1. The fourth-order valence-electron chi connectivity index (χ4n) is 4.86. The molecule has 0 spiro atoms. The number of fused-ring (bicyclic) bond motifs is 1. The first kappa shape index (κ1) is 22.3. The Morgan fingerprint density at radius 2 is 2.11 bits per heavy atom. The molecule has 2 aliphatic heterocycles. The van der Waals surface area contributed by atoms with Crippen LogP contribution in [0.3, 0.4) is 0 Å². The van der Waals surface area contributed by atoms with Crippen LogP contribution in [-0.2, 0) is 4.74 Å². The number of nitrogen functional groups attached to an aromatic ring is 1. The fourth-order valence-corrected chi connectivity index (χ4v) is 4.86. The van der Waals surface area contributed by atoms with Crippen molar-refractivity contribution < 1.29 is 13.9 Å². The van der Waals surface area contributed by atoms with Crippen molar-refractivity contribution >= 4 is 23.2 Å². The summed E-state index contributed by atoms with van der Waals surface area (Å²) in [6, 6.07) is 11.4. The number of carbonyl (C=O) groups excluding carboxylic acids is 1. The maximum Gasteiger partial charge on any atom is 0.259 e. The molecule has 0 aliphatic carbocycles. The quantitative estimate of drug-likeness (QED) is 0.318. The summed E-state index contributed by atoms with van der Waals surface area (Å²) in [7, 11) is 0. The third-order valence-electron chi connectivity index (χ3n) is 6.69. The van der Waals surface area contributed by atoms with Gasteiger partial charge in [0.05, 0.1) is 16.8 Å². The van der Waals surface area contributed by atoms with Crippen molar-refractivity contribution in [3.05, 3.63) is 84.6 Å². The Hall–Kier alpha value is -4.15. The summed E-state index contributed by atoms with van der Waals surface area (Å²) in [4.78, 5) is 28.1.